The fourth-order valence-electron chi connectivity index (χ4n) is 1.53. The van der Waals surface area contributed by atoms with Gasteiger partial charge < -0.3 is 16.4 Å². The topological polar surface area (TPSA) is 85.2 Å². The summed E-state index contributed by atoms with van der Waals surface area (Å²) >= 11 is 3.39. The number of carbonyl (C=O) groups excluding carboxylic acids is 1. The molecule has 0 unspecified atom stereocenters. The van der Waals surface area contributed by atoms with E-state index in [4.69, 9.17) is 11.5 Å². The molecule has 0 saturated heterocycles. The number of aromatic nitrogens is 1. The molecule has 0 saturated carbocycles. The number of primary amides is 1. The van der Waals surface area contributed by atoms with Crippen LogP contribution in [0.15, 0.2) is 16.7 Å². The van der Waals surface area contributed by atoms with Crippen LogP contribution in [-0.2, 0) is 4.79 Å². The van der Waals surface area contributed by atoms with Gasteiger partial charge in [0.15, 0.2) is 0 Å². The molecule has 94 valence electrons. The Hall–Kier alpha value is -1.30. The van der Waals surface area contributed by atoms with Crippen molar-refractivity contribution >= 4 is 33.3 Å². The third-order valence-electron chi connectivity index (χ3n) is 2.07. The number of halogens is 1. The van der Waals surface area contributed by atoms with Crippen molar-refractivity contribution in [3.8, 4) is 0 Å². The highest BCUT2D eigenvalue weighted by atomic mass is 79.9. The monoisotopic (exact) mass is 300 g/mol. The Kier molecular flexibility index (Phi) is 4.74. The zero-order valence-electron chi connectivity index (χ0n) is 9.98. The lowest BCUT2D eigenvalue weighted by Crippen LogP contribution is -2.37. The average Bonchev–Trinajstić information content (AvgIpc) is 2.14. The van der Waals surface area contributed by atoms with E-state index in [1.165, 1.54) is 0 Å². The van der Waals surface area contributed by atoms with Crippen LogP contribution in [0.4, 0.5) is 11.5 Å². The Balaban J connectivity index is 2.98. The minimum atomic E-state index is -0.379. The molecule has 17 heavy (non-hydrogen) atoms. The van der Waals surface area contributed by atoms with E-state index in [2.05, 4.69) is 34.8 Å². The largest absolute Gasteiger partial charge is 0.397 e. The Morgan fingerprint density at radius 1 is 1.59 bits per heavy atom. The second-order valence-electron chi connectivity index (χ2n) is 4.31. The number of pyridine rings is 1. The third-order valence-corrected chi connectivity index (χ3v) is 2.66. The standard InChI is InChI=1S/C11H17BrN4O/c1-7(2)5-16(6-10(14)17)11-9(12)3-8(13)4-15-11/h3-4,7H,5-6,13H2,1-2H3,(H2,14,17). The van der Waals surface area contributed by atoms with Gasteiger partial charge in [0.1, 0.15) is 5.82 Å². The highest BCUT2D eigenvalue weighted by molar-refractivity contribution is 9.10. The molecule has 0 aliphatic carbocycles. The minimum absolute atomic E-state index is 0.147. The highest BCUT2D eigenvalue weighted by Gasteiger charge is 2.15. The molecule has 5 nitrogen and oxygen atoms in total. The van der Waals surface area contributed by atoms with Gasteiger partial charge in [-0.1, -0.05) is 13.8 Å². The molecule has 0 radical (unpaired) electrons. The van der Waals surface area contributed by atoms with Crippen LogP contribution >= 0.6 is 15.9 Å². The van der Waals surface area contributed by atoms with Crippen molar-refractivity contribution < 1.29 is 4.79 Å². The van der Waals surface area contributed by atoms with Crippen molar-refractivity contribution in [3.63, 3.8) is 0 Å². The van der Waals surface area contributed by atoms with Gasteiger partial charge in [-0.3, -0.25) is 4.79 Å². The van der Waals surface area contributed by atoms with Crippen molar-refractivity contribution in [1.29, 1.82) is 0 Å². The maximum atomic E-state index is 11.1. The van der Waals surface area contributed by atoms with Crippen molar-refractivity contribution in [2.24, 2.45) is 11.7 Å². The molecule has 1 aromatic heterocycles. The summed E-state index contributed by atoms with van der Waals surface area (Å²) in [4.78, 5) is 17.1. The predicted molar refractivity (Wildman–Crippen MR) is 72.6 cm³/mol. The molecule has 6 heteroatoms. The molecule has 1 rings (SSSR count). The van der Waals surface area contributed by atoms with E-state index in [9.17, 15) is 4.79 Å². The summed E-state index contributed by atoms with van der Waals surface area (Å²) < 4.78 is 0.763. The number of anilines is 2. The van der Waals surface area contributed by atoms with Crippen LogP contribution in [0.25, 0.3) is 0 Å². The van der Waals surface area contributed by atoms with Gasteiger partial charge in [-0.25, -0.2) is 4.98 Å². The van der Waals surface area contributed by atoms with E-state index in [0.29, 0.717) is 24.0 Å². The van der Waals surface area contributed by atoms with Crippen LogP contribution in [0, 0.1) is 5.92 Å². The first-order valence-electron chi connectivity index (χ1n) is 5.34. The first kappa shape index (κ1) is 13.8. The summed E-state index contributed by atoms with van der Waals surface area (Å²) in [6.45, 7) is 4.99. The Morgan fingerprint density at radius 3 is 2.71 bits per heavy atom. The van der Waals surface area contributed by atoms with E-state index in [0.717, 1.165) is 4.47 Å². The second-order valence-corrected chi connectivity index (χ2v) is 5.17. The zero-order chi connectivity index (χ0) is 13.0. The number of hydrogen-bond acceptors (Lipinski definition) is 4. The average molecular weight is 301 g/mol. The summed E-state index contributed by atoms with van der Waals surface area (Å²) in [5, 5.41) is 0. The van der Waals surface area contributed by atoms with Crippen molar-refractivity contribution in [3.05, 3.63) is 16.7 Å². The molecule has 0 aliphatic heterocycles. The Labute approximate surface area is 109 Å². The van der Waals surface area contributed by atoms with E-state index < -0.39 is 0 Å². The number of hydrogen-bond donors (Lipinski definition) is 2. The summed E-state index contributed by atoms with van der Waals surface area (Å²) in [5.74, 6) is 0.712. The predicted octanol–water partition coefficient (Wildman–Crippen LogP) is 1.37. The molecule has 4 N–H and O–H groups in total. The smallest absolute Gasteiger partial charge is 0.236 e. The molecule has 1 aromatic rings. The van der Waals surface area contributed by atoms with Crippen LogP contribution in [0.1, 0.15) is 13.8 Å². The van der Waals surface area contributed by atoms with E-state index in [-0.39, 0.29) is 12.5 Å². The van der Waals surface area contributed by atoms with Crippen LogP contribution in [-0.4, -0.2) is 24.0 Å². The number of nitrogens with two attached hydrogens (primary N) is 2. The lowest BCUT2D eigenvalue weighted by molar-refractivity contribution is -0.116. The molecule has 0 spiro atoms. The summed E-state index contributed by atoms with van der Waals surface area (Å²) in [6, 6.07) is 1.76. The summed E-state index contributed by atoms with van der Waals surface area (Å²) in [5.41, 5.74) is 11.4. The maximum absolute atomic E-state index is 11.1. The lowest BCUT2D eigenvalue weighted by Gasteiger charge is -2.25. The molecule has 0 aromatic carbocycles. The fraction of sp³-hybridized carbons (Fsp3) is 0.455. The van der Waals surface area contributed by atoms with Crippen LogP contribution < -0.4 is 16.4 Å². The molecule has 0 atom stereocenters. The van der Waals surface area contributed by atoms with Crippen molar-refractivity contribution in [2.45, 2.75) is 13.8 Å². The van der Waals surface area contributed by atoms with Gasteiger partial charge in [0.05, 0.1) is 22.9 Å². The number of nitrogen functional groups attached to an aromatic ring is 1. The summed E-state index contributed by atoms with van der Waals surface area (Å²) in [6.07, 6.45) is 1.56. The molecule has 1 amide bonds. The van der Waals surface area contributed by atoms with E-state index in [1.54, 1.807) is 12.3 Å². The molecule has 0 fully saturated rings. The molecular weight excluding hydrogens is 284 g/mol. The van der Waals surface area contributed by atoms with Crippen LogP contribution in [0.3, 0.4) is 0 Å². The minimum Gasteiger partial charge on any atom is -0.397 e. The SMILES string of the molecule is CC(C)CN(CC(N)=O)c1ncc(N)cc1Br. The molecule has 0 bridgehead atoms. The molecule has 0 aliphatic rings. The van der Waals surface area contributed by atoms with Gasteiger partial charge in [0.2, 0.25) is 5.91 Å². The van der Waals surface area contributed by atoms with Gasteiger partial charge in [-0.05, 0) is 27.9 Å². The van der Waals surface area contributed by atoms with E-state index >= 15 is 0 Å². The van der Waals surface area contributed by atoms with Crippen molar-refractivity contribution in [1.82, 2.24) is 4.98 Å². The van der Waals surface area contributed by atoms with E-state index in [1.807, 2.05) is 4.90 Å². The van der Waals surface area contributed by atoms with Crippen LogP contribution in [0.2, 0.25) is 0 Å². The normalized spacial score (nSPS) is 10.6. The quantitative estimate of drug-likeness (QED) is 0.860. The van der Waals surface area contributed by atoms with Crippen LogP contribution in [0.5, 0.6) is 0 Å². The van der Waals surface area contributed by atoms with Gasteiger partial charge in [0.25, 0.3) is 0 Å². The number of nitrogens with zero attached hydrogens (tertiary/aromatic N) is 2. The summed E-state index contributed by atoms with van der Waals surface area (Å²) in [7, 11) is 0. The van der Waals surface area contributed by atoms with Gasteiger partial charge in [0, 0.05) is 6.54 Å². The van der Waals surface area contributed by atoms with Crippen molar-refractivity contribution in [2.75, 3.05) is 23.7 Å². The lowest BCUT2D eigenvalue weighted by atomic mass is 10.2. The number of carbonyl (C=O) groups is 1. The maximum Gasteiger partial charge on any atom is 0.236 e. The number of amides is 1. The highest BCUT2D eigenvalue weighted by Crippen LogP contribution is 2.25. The fourth-order valence-corrected chi connectivity index (χ4v) is 2.15. The third kappa shape index (κ3) is 4.22. The molecular formula is C11H17BrN4O. The Bertz CT molecular complexity index is 408. The van der Waals surface area contributed by atoms with Gasteiger partial charge in [-0.2, -0.15) is 0 Å². The van der Waals surface area contributed by atoms with Gasteiger partial charge in [-0.15, -0.1) is 0 Å². The van der Waals surface area contributed by atoms with Gasteiger partial charge >= 0.3 is 0 Å². The second kappa shape index (κ2) is 5.86. The first-order chi connectivity index (χ1) is 7.90. The first-order valence-corrected chi connectivity index (χ1v) is 6.13. The molecule has 1 heterocycles. The zero-order valence-corrected chi connectivity index (χ0v) is 11.6. The Morgan fingerprint density at radius 2 is 2.24 bits per heavy atom. The number of rotatable bonds is 5.